The summed E-state index contributed by atoms with van der Waals surface area (Å²) >= 11 is 0. The van der Waals surface area contributed by atoms with Gasteiger partial charge < -0.3 is 19.9 Å². The summed E-state index contributed by atoms with van der Waals surface area (Å²) in [7, 11) is 0. The number of carbonyl (C=O) groups is 1. The van der Waals surface area contributed by atoms with Gasteiger partial charge in [-0.2, -0.15) is 0 Å². The molecule has 1 aromatic heterocycles. The van der Waals surface area contributed by atoms with Crippen molar-refractivity contribution in [1.82, 2.24) is 9.88 Å². The lowest BCUT2D eigenvalue weighted by molar-refractivity contribution is 0.0695. The molecule has 2 atom stereocenters. The van der Waals surface area contributed by atoms with E-state index in [0.717, 1.165) is 6.07 Å². The highest BCUT2D eigenvalue weighted by Gasteiger charge is 2.31. The number of fused-ring (bicyclic) bond motifs is 1. The van der Waals surface area contributed by atoms with Gasteiger partial charge in [0.2, 0.25) is 5.43 Å². The lowest BCUT2D eigenvalue weighted by Gasteiger charge is -2.39. The molecule has 1 aliphatic heterocycles. The number of nitrogens with zero attached hydrogens (tertiary/aromatic N) is 2. The van der Waals surface area contributed by atoms with Gasteiger partial charge in [-0.25, -0.2) is 13.6 Å². The van der Waals surface area contributed by atoms with E-state index in [4.69, 9.17) is 0 Å². The van der Waals surface area contributed by atoms with Gasteiger partial charge in [-0.1, -0.05) is 0 Å². The molecule has 0 spiro atoms. The fraction of sp³-hybridized carbons (Fsp3) is 0.444. The maximum Gasteiger partial charge on any atom is 0.343 e. The molecule has 0 amide bonds. The first-order valence-corrected chi connectivity index (χ1v) is 8.54. The number of anilines is 1. The van der Waals surface area contributed by atoms with Gasteiger partial charge in [0.25, 0.3) is 0 Å². The Morgan fingerprint density at radius 1 is 1.27 bits per heavy atom. The summed E-state index contributed by atoms with van der Waals surface area (Å²) in [5, 5.41) is 12.8. The maximum absolute atomic E-state index is 14.5. The standard InChI is InChI=1S/C18H21F2N3O3/c1-4-23-15-12(5-11(19)6-13(15)20)16(24)14(18(25)26)17(23)22-7-9(2)21-10(3)8-22/h5-6,9-10,21H,4,7-8H2,1-3H3,(H,25,26). The molecule has 26 heavy (non-hydrogen) atoms. The van der Waals surface area contributed by atoms with Crippen LogP contribution < -0.4 is 15.6 Å². The zero-order valence-corrected chi connectivity index (χ0v) is 14.8. The monoisotopic (exact) mass is 365 g/mol. The first kappa shape index (κ1) is 18.3. The van der Waals surface area contributed by atoms with E-state index < -0.39 is 28.6 Å². The van der Waals surface area contributed by atoms with Gasteiger partial charge in [-0.05, 0) is 26.8 Å². The fourth-order valence-corrected chi connectivity index (χ4v) is 3.82. The smallest absolute Gasteiger partial charge is 0.343 e. The number of hydrogen-bond donors (Lipinski definition) is 2. The summed E-state index contributed by atoms with van der Waals surface area (Å²) in [5.74, 6) is -3.03. The molecule has 2 unspecified atom stereocenters. The summed E-state index contributed by atoms with van der Waals surface area (Å²) in [5.41, 5.74) is -1.40. The van der Waals surface area contributed by atoms with Gasteiger partial charge in [0.05, 0.1) is 10.9 Å². The van der Waals surface area contributed by atoms with Gasteiger partial charge in [0, 0.05) is 37.8 Å². The first-order valence-electron chi connectivity index (χ1n) is 8.54. The lowest BCUT2D eigenvalue weighted by Crippen LogP contribution is -2.55. The molecule has 0 aliphatic carbocycles. The molecule has 3 rings (SSSR count). The van der Waals surface area contributed by atoms with Crippen LogP contribution in [0.1, 0.15) is 31.1 Å². The van der Waals surface area contributed by atoms with Crippen LogP contribution in [0.25, 0.3) is 10.9 Å². The SMILES string of the molecule is CCn1c(N2CC(C)NC(C)C2)c(C(=O)O)c(=O)c2cc(F)cc(F)c21. The number of benzene rings is 1. The molecule has 2 heterocycles. The summed E-state index contributed by atoms with van der Waals surface area (Å²) in [6.45, 7) is 6.82. The average Bonchev–Trinajstić information content (AvgIpc) is 2.53. The molecule has 0 bridgehead atoms. The fourth-order valence-electron chi connectivity index (χ4n) is 3.82. The van der Waals surface area contributed by atoms with Crippen molar-refractivity contribution in [2.45, 2.75) is 39.4 Å². The molecule has 1 aliphatic rings. The molecule has 140 valence electrons. The number of rotatable bonds is 3. The highest BCUT2D eigenvalue weighted by atomic mass is 19.1. The van der Waals surface area contributed by atoms with E-state index in [1.807, 2.05) is 13.8 Å². The van der Waals surface area contributed by atoms with E-state index in [2.05, 4.69) is 5.32 Å². The van der Waals surface area contributed by atoms with Crippen molar-refractivity contribution in [1.29, 1.82) is 0 Å². The van der Waals surface area contributed by atoms with Crippen LogP contribution in [0.15, 0.2) is 16.9 Å². The van der Waals surface area contributed by atoms with Crippen LogP contribution in [0.4, 0.5) is 14.6 Å². The zero-order chi connectivity index (χ0) is 19.2. The number of piperazine rings is 1. The van der Waals surface area contributed by atoms with Gasteiger partial charge >= 0.3 is 5.97 Å². The quantitative estimate of drug-likeness (QED) is 0.872. The Hall–Kier alpha value is -2.48. The zero-order valence-electron chi connectivity index (χ0n) is 14.8. The van der Waals surface area contributed by atoms with Crippen molar-refractivity contribution in [2.75, 3.05) is 18.0 Å². The van der Waals surface area contributed by atoms with Crippen LogP contribution in [0, 0.1) is 11.6 Å². The highest BCUT2D eigenvalue weighted by Crippen LogP contribution is 2.28. The number of aryl methyl sites for hydroxylation is 1. The van der Waals surface area contributed by atoms with Crippen molar-refractivity contribution in [2.24, 2.45) is 0 Å². The highest BCUT2D eigenvalue weighted by molar-refractivity contribution is 5.98. The second-order valence-corrected chi connectivity index (χ2v) is 6.73. The van der Waals surface area contributed by atoms with Crippen LogP contribution in [-0.4, -0.2) is 40.8 Å². The van der Waals surface area contributed by atoms with E-state index in [0.29, 0.717) is 19.2 Å². The molecular weight excluding hydrogens is 344 g/mol. The summed E-state index contributed by atoms with van der Waals surface area (Å²) < 4.78 is 29.6. The number of aromatic nitrogens is 1. The molecule has 8 heteroatoms. The Labute approximate surface area is 149 Å². The van der Waals surface area contributed by atoms with Crippen LogP contribution in [0.5, 0.6) is 0 Å². The molecule has 0 saturated carbocycles. The Kier molecular flexibility index (Phi) is 4.70. The van der Waals surface area contributed by atoms with Crippen LogP contribution in [0.2, 0.25) is 0 Å². The molecule has 2 aromatic rings. The third kappa shape index (κ3) is 2.94. The number of nitrogens with one attached hydrogen (secondary N) is 1. The number of hydrogen-bond acceptors (Lipinski definition) is 4. The van der Waals surface area contributed by atoms with Gasteiger partial charge in [-0.15, -0.1) is 0 Å². The van der Waals surface area contributed by atoms with Crippen molar-refractivity contribution < 1.29 is 18.7 Å². The van der Waals surface area contributed by atoms with Crippen molar-refractivity contribution in [3.8, 4) is 0 Å². The maximum atomic E-state index is 14.5. The minimum atomic E-state index is -1.40. The van der Waals surface area contributed by atoms with Crippen molar-refractivity contribution >= 4 is 22.7 Å². The second-order valence-electron chi connectivity index (χ2n) is 6.73. The Bertz CT molecular complexity index is 932. The minimum absolute atomic E-state index is 0.0644. The summed E-state index contributed by atoms with van der Waals surface area (Å²) in [4.78, 5) is 26.5. The van der Waals surface area contributed by atoms with E-state index in [1.54, 1.807) is 11.8 Å². The Balaban J connectivity index is 2.42. The molecule has 1 saturated heterocycles. The number of pyridine rings is 1. The molecule has 6 nitrogen and oxygen atoms in total. The van der Waals surface area contributed by atoms with Gasteiger partial charge in [-0.3, -0.25) is 4.79 Å². The number of carboxylic acids is 1. The van der Waals surface area contributed by atoms with E-state index in [9.17, 15) is 23.5 Å². The number of carboxylic acid groups (broad SMARTS) is 1. The number of halogens is 2. The second kappa shape index (κ2) is 6.68. The predicted octanol–water partition coefficient (Wildman–Crippen LogP) is 2.18. The third-order valence-corrected chi connectivity index (χ3v) is 4.64. The molecular formula is C18H21F2N3O3. The topological polar surface area (TPSA) is 74.6 Å². The summed E-state index contributed by atoms with van der Waals surface area (Å²) in [6, 6.07) is 1.73. The normalized spacial score (nSPS) is 20.6. The number of aromatic carboxylic acids is 1. The largest absolute Gasteiger partial charge is 0.477 e. The molecule has 2 N–H and O–H groups in total. The van der Waals surface area contributed by atoms with Crippen molar-refractivity contribution in [3.05, 3.63) is 39.6 Å². The van der Waals surface area contributed by atoms with Crippen LogP contribution >= 0.6 is 0 Å². The minimum Gasteiger partial charge on any atom is -0.477 e. The van der Waals surface area contributed by atoms with Crippen LogP contribution in [-0.2, 0) is 6.54 Å². The van der Waals surface area contributed by atoms with E-state index in [-0.39, 0.29) is 35.3 Å². The van der Waals surface area contributed by atoms with Crippen LogP contribution in [0.3, 0.4) is 0 Å². The molecule has 0 radical (unpaired) electrons. The van der Waals surface area contributed by atoms with E-state index >= 15 is 0 Å². The first-order chi connectivity index (χ1) is 12.2. The average molecular weight is 365 g/mol. The molecule has 1 fully saturated rings. The Morgan fingerprint density at radius 2 is 1.88 bits per heavy atom. The predicted molar refractivity (Wildman–Crippen MR) is 95.0 cm³/mol. The molecule has 1 aromatic carbocycles. The summed E-state index contributed by atoms with van der Waals surface area (Å²) in [6.07, 6.45) is 0. The lowest BCUT2D eigenvalue weighted by atomic mass is 10.1. The van der Waals surface area contributed by atoms with Gasteiger partial charge in [0.1, 0.15) is 17.2 Å². The van der Waals surface area contributed by atoms with E-state index in [1.165, 1.54) is 4.57 Å². The third-order valence-electron chi connectivity index (χ3n) is 4.64. The Morgan fingerprint density at radius 3 is 2.42 bits per heavy atom. The van der Waals surface area contributed by atoms with Crippen molar-refractivity contribution in [3.63, 3.8) is 0 Å². The van der Waals surface area contributed by atoms with Gasteiger partial charge in [0.15, 0.2) is 5.82 Å².